The fraction of sp³-hybridized carbons (Fsp3) is 0.423. The van der Waals surface area contributed by atoms with Crippen LogP contribution in [0.15, 0.2) is 48.5 Å². The molecule has 3 nitrogen and oxygen atoms in total. The van der Waals surface area contributed by atoms with Gasteiger partial charge in [0.1, 0.15) is 0 Å². The van der Waals surface area contributed by atoms with E-state index in [1.54, 1.807) is 18.2 Å². The van der Waals surface area contributed by atoms with Gasteiger partial charge in [0.25, 0.3) is 0 Å². The Balaban J connectivity index is 0.000000438. The van der Waals surface area contributed by atoms with Crippen molar-refractivity contribution in [3.05, 3.63) is 70.9 Å². The molecule has 0 aliphatic heterocycles. The molecule has 0 bridgehead atoms. The second-order valence-electron chi connectivity index (χ2n) is 7.36. The Bertz CT molecular complexity index is 909. The molecule has 29 heavy (non-hydrogen) atoms. The van der Waals surface area contributed by atoms with Crippen molar-refractivity contribution in [3.8, 4) is 0 Å². The first-order valence-electron chi connectivity index (χ1n) is 10.8. The predicted molar refractivity (Wildman–Crippen MR) is 123 cm³/mol. The molecule has 1 aromatic heterocycles. The third kappa shape index (κ3) is 6.22. The van der Waals surface area contributed by atoms with Crippen molar-refractivity contribution in [2.45, 2.75) is 66.8 Å². The number of carbonyl (C=O) groups is 1. The molecular formula is C26H35NO2. The molecule has 0 radical (unpaired) electrons. The van der Waals surface area contributed by atoms with Gasteiger partial charge >= 0.3 is 5.97 Å². The maximum absolute atomic E-state index is 9.82. The highest BCUT2D eigenvalue weighted by Gasteiger charge is 2.15. The summed E-state index contributed by atoms with van der Waals surface area (Å²) >= 11 is 0. The molecule has 0 atom stereocenters. The van der Waals surface area contributed by atoms with Crippen LogP contribution in [0.4, 0.5) is 0 Å². The summed E-state index contributed by atoms with van der Waals surface area (Å²) < 4.78 is 6.98. The SMILES string of the molecule is CCCc1c(CC)c2cc(C)ccc2n1CCc1ccccc1.CCOC(C)=O. The second kappa shape index (κ2) is 11.5. The van der Waals surface area contributed by atoms with E-state index >= 15 is 0 Å². The van der Waals surface area contributed by atoms with Gasteiger partial charge in [-0.05, 0) is 56.4 Å². The molecule has 0 unspecified atom stereocenters. The summed E-state index contributed by atoms with van der Waals surface area (Å²) in [4.78, 5) is 9.82. The predicted octanol–water partition coefficient (Wildman–Crippen LogP) is 6.28. The molecule has 0 saturated heterocycles. The Morgan fingerprint density at radius 1 is 1.00 bits per heavy atom. The van der Waals surface area contributed by atoms with Gasteiger partial charge in [-0.25, -0.2) is 0 Å². The minimum absolute atomic E-state index is 0.211. The largest absolute Gasteiger partial charge is 0.466 e. The smallest absolute Gasteiger partial charge is 0.302 e. The number of fused-ring (bicyclic) bond motifs is 1. The van der Waals surface area contributed by atoms with E-state index in [0.717, 1.165) is 19.4 Å². The molecule has 3 rings (SSSR count). The Labute approximate surface area is 175 Å². The summed E-state index contributed by atoms with van der Waals surface area (Å²) in [5, 5.41) is 1.46. The van der Waals surface area contributed by atoms with Crippen LogP contribution in [0, 0.1) is 6.92 Å². The lowest BCUT2D eigenvalue weighted by atomic mass is 10.0. The van der Waals surface area contributed by atoms with E-state index in [9.17, 15) is 4.79 Å². The number of ether oxygens (including phenoxy) is 1. The van der Waals surface area contributed by atoms with Crippen LogP contribution in [-0.4, -0.2) is 17.1 Å². The number of hydrogen-bond acceptors (Lipinski definition) is 2. The summed E-state index contributed by atoms with van der Waals surface area (Å²) in [5.74, 6) is -0.211. The van der Waals surface area contributed by atoms with Crippen LogP contribution in [0.5, 0.6) is 0 Å². The van der Waals surface area contributed by atoms with Crippen molar-refractivity contribution in [1.29, 1.82) is 0 Å². The highest BCUT2D eigenvalue weighted by molar-refractivity contribution is 5.86. The Morgan fingerprint density at radius 3 is 2.28 bits per heavy atom. The molecule has 0 N–H and O–H groups in total. The van der Waals surface area contributed by atoms with Crippen LogP contribution in [0.2, 0.25) is 0 Å². The molecule has 0 aliphatic carbocycles. The first kappa shape index (κ1) is 22.7. The van der Waals surface area contributed by atoms with Gasteiger partial charge in [0.2, 0.25) is 0 Å². The van der Waals surface area contributed by atoms with Crippen LogP contribution in [-0.2, 0) is 35.3 Å². The van der Waals surface area contributed by atoms with E-state index in [1.807, 2.05) is 0 Å². The van der Waals surface area contributed by atoms with E-state index in [4.69, 9.17) is 0 Å². The van der Waals surface area contributed by atoms with Gasteiger partial charge in [0.15, 0.2) is 0 Å². The van der Waals surface area contributed by atoms with Gasteiger partial charge in [-0.2, -0.15) is 0 Å². The lowest BCUT2D eigenvalue weighted by molar-refractivity contribution is -0.140. The van der Waals surface area contributed by atoms with Crippen LogP contribution >= 0.6 is 0 Å². The normalized spacial score (nSPS) is 10.5. The van der Waals surface area contributed by atoms with Crippen LogP contribution in [0.1, 0.15) is 56.5 Å². The average Bonchev–Trinajstić information content (AvgIpc) is 2.99. The van der Waals surface area contributed by atoms with Crippen LogP contribution in [0.25, 0.3) is 10.9 Å². The first-order chi connectivity index (χ1) is 14.0. The highest BCUT2D eigenvalue weighted by Crippen LogP contribution is 2.29. The molecule has 0 spiro atoms. The van der Waals surface area contributed by atoms with E-state index in [-0.39, 0.29) is 5.97 Å². The Hall–Kier alpha value is -2.55. The number of aryl methyl sites for hydroxylation is 4. The van der Waals surface area contributed by atoms with E-state index in [1.165, 1.54) is 41.8 Å². The molecule has 156 valence electrons. The van der Waals surface area contributed by atoms with E-state index in [2.05, 4.69) is 78.6 Å². The number of carbonyl (C=O) groups excluding carboxylic acids is 1. The average molecular weight is 394 g/mol. The van der Waals surface area contributed by atoms with Crippen molar-refractivity contribution < 1.29 is 9.53 Å². The summed E-state index contributed by atoms with van der Waals surface area (Å²) in [5.41, 5.74) is 7.29. The van der Waals surface area contributed by atoms with Crippen molar-refractivity contribution in [2.75, 3.05) is 6.61 Å². The van der Waals surface area contributed by atoms with E-state index in [0.29, 0.717) is 6.61 Å². The lowest BCUT2D eigenvalue weighted by Gasteiger charge is -2.12. The maximum atomic E-state index is 9.82. The minimum atomic E-state index is -0.211. The molecule has 0 aliphatic rings. The van der Waals surface area contributed by atoms with E-state index < -0.39 is 0 Å². The molecule has 0 saturated carbocycles. The summed E-state index contributed by atoms with van der Waals surface area (Å²) in [6, 6.07) is 17.8. The van der Waals surface area contributed by atoms with Crippen molar-refractivity contribution >= 4 is 16.9 Å². The summed E-state index contributed by atoms with van der Waals surface area (Å²) in [6.45, 7) is 11.5. The third-order valence-corrected chi connectivity index (χ3v) is 5.10. The highest BCUT2D eigenvalue weighted by atomic mass is 16.5. The zero-order chi connectivity index (χ0) is 21.2. The fourth-order valence-electron chi connectivity index (χ4n) is 3.85. The van der Waals surface area contributed by atoms with Gasteiger partial charge in [-0.1, -0.05) is 62.2 Å². The third-order valence-electron chi connectivity index (χ3n) is 5.10. The number of aromatic nitrogens is 1. The van der Waals surface area contributed by atoms with Crippen LogP contribution in [0.3, 0.4) is 0 Å². The molecule has 2 aromatic carbocycles. The number of hydrogen-bond donors (Lipinski definition) is 0. The Morgan fingerprint density at radius 2 is 1.72 bits per heavy atom. The Kier molecular flexibility index (Phi) is 8.98. The molecule has 1 heterocycles. The topological polar surface area (TPSA) is 31.2 Å². The first-order valence-corrected chi connectivity index (χ1v) is 10.8. The molecule has 0 amide bonds. The fourth-order valence-corrected chi connectivity index (χ4v) is 3.85. The summed E-state index contributed by atoms with van der Waals surface area (Å²) in [7, 11) is 0. The number of benzene rings is 2. The number of esters is 1. The summed E-state index contributed by atoms with van der Waals surface area (Å²) in [6.07, 6.45) is 4.59. The monoisotopic (exact) mass is 393 g/mol. The molecule has 3 aromatic rings. The molecular weight excluding hydrogens is 358 g/mol. The molecule has 3 heteroatoms. The lowest BCUT2D eigenvalue weighted by Crippen LogP contribution is -2.06. The zero-order valence-electron chi connectivity index (χ0n) is 18.6. The van der Waals surface area contributed by atoms with Crippen molar-refractivity contribution in [2.24, 2.45) is 0 Å². The quantitative estimate of drug-likeness (QED) is 0.443. The van der Waals surface area contributed by atoms with Gasteiger partial charge in [0.05, 0.1) is 6.61 Å². The van der Waals surface area contributed by atoms with Gasteiger partial charge in [-0.3, -0.25) is 4.79 Å². The maximum Gasteiger partial charge on any atom is 0.302 e. The van der Waals surface area contributed by atoms with Gasteiger partial charge in [0, 0.05) is 30.1 Å². The number of nitrogens with zero attached hydrogens (tertiary/aromatic N) is 1. The van der Waals surface area contributed by atoms with Crippen molar-refractivity contribution in [3.63, 3.8) is 0 Å². The standard InChI is InChI=1S/C22H27N.C4H8O2/c1-4-9-21-19(5-2)20-16-17(3)12-13-22(20)23(21)15-14-18-10-7-6-8-11-18;1-3-6-4(2)5/h6-8,10-13,16H,4-5,9,14-15H2,1-3H3;3H2,1-2H3. The molecule has 0 fully saturated rings. The van der Waals surface area contributed by atoms with Gasteiger partial charge < -0.3 is 9.30 Å². The van der Waals surface area contributed by atoms with Crippen LogP contribution < -0.4 is 0 Å². The number of rotatable bonds is 7. The van der Waals surface area contributed by atoms with Gasteiger partial charge in [-0.15, -0.1) is 0 Å². The second-order valence-corrected chi connectivity index (χ2v) is 7.36. The van der Waals surface area contributed by atoms with Crippen molar-refractivity contribution in [1.82, 2.24) is 4.57 Å². The minimum Gasteiger partial charge on any atom is -0.466 e. The zero-order valence-corrected chi connectivity index (χ0v) is 18.6.